The van der Waals surface area contributed by atoms with Gasteiger partial charge in [-0.3, -0.25) is 19.5 Å². The van der Waals surface area contributed by atoms with Crippen LogP contribution < -0.4 is 0 Å². The highest BCUT2D eigenvalue weighted by atomic mass is 32.1. The number of hydrogen-bond acceptors (Lipinski definition) is 12. The van der Waals surface area contributed by atoms with Gasteiger partial charge in [-0.25, -0.2) is 19.9 Å². The summed E-state index contributed by atoms with van der Waals surface area (Å²) in [6.45, 7) is 0. The summed E-state index contributed by atoms with van der Waals surface area (Å²) < 4.78 is 14.5. The van der Waals surface area contributed by atoms with E-state index in [0.717, 1.165) is 155 Å². The van der Waals surface area contributed by atoms with Gasteiger partial charge in [-0.1, -0.05) is 322 Å². The van der Waals surface area contributed by atoms with Gasteiger partial charge in [0.1, 0.15) is 0 Å². The number of fused-ring (bicyclic) bond motifs is 27. The fourth-order valence-electron chi connectivity index (χ4n) is 19.3. The summed E-state index contributed by atoms with van der Waals surface area (Å²) in [5.74, 6) is 2.54. The van der Waals surface area contributed by atoms with Crippen LogP contribution in [0.3, 0.4) is 0 Å². The lowest BCUT2D eigenvalue weighted by Crippen LogP contribution is -2.06. The Labute approximate surface area is 767 Å². The molecule has 0 saturated heterocycles. The van der Waals surface area contributed by atoms with E-state index in [1.165, 1.54) is 76.8 Å². The van der Waals surface area contributed by atoms with Crippen LogP contribution in [-0.4, -0.2) is 58.6 Å². The molecule has 0 N–H and O–H groups in total. The van der Waals surface area contributed by atoms with Crippen molar-refractivity contribution in [3.63, 3.8) is 0 Å². The van der Waals surface area contributed by atoms with Gasteiger partial charge in [-0.15, -0.1) is 34.0 Å². The number of hydrogen-bond donors (Lipinski definition) is 0. The molecule has 12 aromatic heterocycles. The van der Waals surface area contributed by atoms with Crippen molar-refractivity contribution in [2.75, 3.05) is 0 Å². The zero-order chi connectivity index (χ0) is 86.9. The normalized spacial score (nSPS) is 11.8. The van der Waals surface area contributed by atoms with E-state index in [4.69, 9.17) is 44.9 Å². The van der Waals surface area contributed by atoms with Crippen LogP contribution in [0.1, 0.15) is 0 Å². The monoisotopic (exact) mass is 1740 g/mol. The Morgan fingerprint density at radius 2 is 0.477 bits per heavy atom. The molecular weight excluding hydrogens is 1670 g/mol. The second-order valence-electron chi connectivity index (χ2n) is 33.0. The number of thiophene rings is 3. The van der Waals surface area contributed by atoms with Crippen molar-refractivity contribution in [1.29, 1.82) is 0 Å². The third-order valence-electron chi connectivity index (χ3n) is 25.4. The predicted octanol–water partition coefficient (Wildman–Crippen LogP) is 31.1. The Hall–Kier alpha value is -17.0. The average Bonchev–Trinajstić information content (AvgIpc) is 1.56. The van der Waals surface area contributed by atoms with E-state index in [-0.39, 0.29) is 0 Å². The molecule has 0 unspecified atom stereocenters. The molecule has 0 aliphatic heterocycles. The summed E-state index contributed by atoms with van der Waals surface area (Å²) in [6.07, 6.45) is 6.14. The Morgan fingerprint density at radius 1 is 0.182 bits per heavy atom. The van der Waals surface area contributed by atoms with E-state index >= 15 is 0 Å². The molecule has 0 aliphatic carbocycles. The van der Waals surface area contributed by atoms with Crippen molar-refractivity contribution < 1.29 is 0 Å². The summed E-state index contributed by atoms with van der Waals surface area (Å²) in [5, 5.41) is 17.8. The van der Waals surface area contributed by atoms with Gasteiger partial charge < -0.3 is 9.13 Å². The average molecular weight is 1740 g/mol. The molecule has 0 fully saturated rings. The molecule has 0 amide bonds. The van der Waals surface area contributed by atoms with E-state index in [9.17, 15) is 0 Å². The molecule has 15 heteroatoms. The summed E-state index contributed by atoms with van der Waals surface area (Å²) in [4.78, 5) is 45.8. The van der Waals surface area contributed by atoms with Gasteiger partial charge in [0.05, 0.1) is 92.2 Å². The standard InChI is InChI=1S/C43H26N4S.C38H23N3S.C36H21N5S/c1-3-12-27(13-4-1)36-25-37(28-14-5-2-6-15-28)46-43(45-36)29-16-11-17-30(24-29)47-38-20-9-7-18-31(38)35-26-44-40-34(41(35)47)23-22-33-32-19-8-10-21-39(32)48-42(33)40;1-3-11-24(12-4-1)32-21-26(22-33(40-32)25-13-5-2-6-14-25)41-34-17-9-7-15-27(34)31-23-39-36-30(37(31)41)20-19-29-28-16-8-10-18-35(28)42-38(29)36;1-3-11-22(12-4-1)34-38-35(23-13-5-2-6-14-23)40-36(39-34)41-29-17-9-7-15-24(29)28-21-37-31-27(32(28)41)20-19-26-25-16-8-10-18-30(25)42-33(26)31/h1-26H;1-23H;1-21H. The van der Waals surface area contributed by atoms with Crippen LogP contribution in [0.2, 0.25) is 0 Å². The van der Waals surface area contributed by atoms with E-state index in [2.05, 4.69) is 323 Å². The molecule has 0 atom stereocenters. The van der Waals surface area contributed by atoms with Crippen LogP contribution in [0.5, 0.6) is 0 Å². The quantitative estimate of drug-likeness (QED) is 0.131. The molecule has 12 heterocycles. The number of aromatic nitrogens is 12. The minimum absolute atomic E-state index is 0.581. The first-order valence-electron chi connectivity index (χ1n) is 43.9. The number of benzene rings is 16. The van der Waals surface area contributed by atoms with Crippen LogP contribution in [0.4, 0.5) is 0 Å². The first kappa shape index (κ1) is 76.3. The van der Waals surface area contributed by atoms with Crippen LogP contribution in [0.25, 0.3) is 255 Å². The second-order valence-corrected chi connectivity index (χ2v) is 36.2. The van der Waals surface area contributed by atoms with Crippen molar-refractivity contribution in [3.8, 4) is 96.5 Å². The molecule has 132 heavy (non-hydrogen) atoms. The Bertz CT molecular complexity index is 8960. The highest BCUT2D eigenvalue weighted by Gasteiger charge is 2.26. The molecule has 0 bridgehead atoms. The molecule has 0 radical (unpaired) electrons. The summed E-state index contributed by atoms with van der Waals surface area (Å²) in [7, 11) is 0. The van der Waals surface area contributed by atoms with Gasteiger partial charge >= 0.3 is 0 Å². The lowest BCUT2D eigenvalue weighted by atomic mass is 10.1. The minimum atomic E-state index is 0.581. The Balaban J connectivity index is 0.000000104. The number of pyridine rings is 4. The Kier molecular flexibility index (Phi) is 18.2. The Morgan fingerprint density at radius 3 is 0.864 bits per heavy atom. The SMILES string of the molecule is c1ccc(-c2cc(-c3ccccc3)nc(-c3cccc(-n4c5ccccc5c5cnc6c(ccc7c8ccccc8sc76)c54)c3)n2)cc1.c1ccc(-c2cc(-n3c4ccccc4c4cnc5c(ccc6c7ccccc7sc65)c43)cc(-c3ccccc3)n2)cc1.c1ccc(-c2nc(-c3ccccc3)nc(-n3c4ccccc4c4cnc5c(ccc6c7ccccc7sc65)c43)n2)cc1. The fraction of sp³-hybridized carbons (Fsp3) is 0. The predicted molar refractivity (Wildman–Crippen MR) is 552 cm³/mol. The first-order chi connectivity index (χ1) is 65.5. The summed E-state index contributed by atoms with van der Waals surface area (Å²) in [6, 6.07) is 142. The molecule has 16 aromatic carbocycles. The van der Waals surface area contributed by atoms with Gasteiger partial charge in [0.25, 0.3) is 0 Å². The maximum atomic E-state index is 5.15. The molecular formula is C117H70N12S3. The van der Waals surface area contributed by atoms with Gasteiger partial charge in [0.2, 0.25) is 5.95 Å². The molecule has 28 aromatic rings. The molecule has 12 nitrogen and oxygen atoms in total. The van der Waals surface area contributed by atoms with E-state index in [0.29, 0.717) is 23.4 Å². The van der Waals surface area contributed by atoms with Crippen LogP contribution >= 0.6 is 34.0 Å². The highest BCUT2D eigenvalue weighted by Crippen LogP contribution is 2.48. The minimum Gasteiger partial charge on any atom is -0.308 e. The molecule has 28 rings (SSSR count). The van der Waals surface area contributed by atoms with Gasteiger partial charge in [0, 0.05) is 158 Å². The number of nitrogens with zero attached hydrogens (tertiary/aromatic N) is 12. The van der Waals surface area contributed by atoms with E-state index < -0.39 is 0 Å². The van der Waals surface area contributed by atoms with E-state index in [1.54, 1.807) is 11.3 Å². The molecule has 0 saturated carbocycles. The lowest BCUT2D eigenvalue weighted by Gasteiger charge is -2.14. The second kappa shape index (κ2) is 31.5. The van der Waals surface area contributed by atoms with Crippen LogP contribution in [-0.2, 0) is 0 Å². The van der Waals surface area contributed by atoms with Crippen molar-refractivity contribution in [1.82, 2.24) is 58.6 Å². The largest absolute Gasteiger partial charge is 0.308 e. The lowest BCUT2D eigenvalue weighted by molar-refractivity contribution is 0.955. The van der Waals surface area contributed by atoms with Gasteiger partial charge in [0.15, 0.2) is 17.5 Å². The first-order valence-corrected chi connectivity index (χ1v) is 46.4. The zero-order valence-electron chi connectivity index (χ0n) is 70.5. The van der Waals surface area contributed by atoms with Crippen LogP contribution in [0, 0.1) is 0 Å². The van der Waals surface area contributed by atoms with Crippen molar-refractivity contribution in [3.05, 3.63) is 425 Å². The molecule has 0 spiro atoms. The smallest absolute Gasteiger partial charge is 0.238 e. The number of rotatable bonds is 10. The van der Waals surface area contributed by atoms with Crippen LogP contribution in [0.15, 0.2) is 425 Å². The number of para-hydroxylation sites is 3. The van der Waals surface area contributed by atoms with Gasteiger partial charge in [-0.2, -0.15) is 9.97 Å². The maximum Gasteiger partial charge on any atom is 0.238 e. The zero-order valence-corrected chi connectivity index (χ0v) is 73.0. The molecule has 616 valence electrons. The summed E-state index contributed by atoms with van der Waals surface area (Å²) >= 11 is 5.44. The van der Waals surface area contributed by atoms with Crippen molar-refractivity contribution in [2.45, 2.75) is 0 Å². The molecule has 0 aliphatic rings. The van der Waals surface area contributed by atoms with Crippen molar-refractivity contribution >= 4 is 193 Å². The highest BCUT2D eigenvalue weighted by molar-refractivity contribution is 7.27. The van der Waals surface area contributed by atoms with Crippen molar-refractivity contribution in [2.24, 2.45) is 0 Å². The third kappa shape index (κ3) is 12.8. The third-order valence-corrected chi connectivity index (χ3v) is 28.9. The topological polar surface area (TPSA) is 131 Å². The van der Waals surface area contributed by atoms with Gasteiger partial charge in [-0.05, 0) is 84.9 Å². The maximum absolute atomic E-state index is 5.15. The fourth-order valence-corrected chi connectivity index (χ4v) is 22.9. The summed E-state index contributed by atoms with van der Waals surface area (Å²) in [5.41, 5.74) is 22.7. The van der Waals surface area contributed by atoms with E-state index in [1.807, 2.05) is 138 Å².